The first kappa shape index (κ1) is 19.4. The summed E-state index contributed by atoms with van der Waals surface area (Å²) in [7, 11) is 1.30. The Hall–Kier alpha value is -1.94. The molecule has 0 fully saturated rings. The molecular weight excluding hydrogens is 380 g/mol. The summed E-state index contributed by atoms with van der Waals surface area (Å²) in [6.07, 6.45) is -9.51. The van der Waals surface area contributed by atoms with Crippen LogP contribution < -0.4 is 4.74 Å². The van der Waals surface area contributed by atoms with Crippen LogP contribution in [0.4, 0.5) is 26.3 Å². The van der Waals surface area contributed by atoms with Crippen LogP contribution in [-0.4, -0.2) is 36.6 Å². The summed E-state index contributed by atoms with van der Waals surface area (Å²) in [5.74, 6) is -3.00. The predicted octanol–water partition coefficient (Wildman–Crippen LogP) is 4.58. The maximum absolute atomic E-state index is 12.8. The summed E-state index contributed by atoms with van der Waals surface area (Å²) >= 11 is 5.85. The fraction of sp³-hybridized carbons (Fsp3) is 0.357. The van der Waals surface area contributed by atoms with Crippen molar-refractivity contribution in [2.75, 3.05) is 13.7 Å². The van der Waals surface area contributed by atoms with Crippen molar-refractivity contribution in [3.05, 3.63) is 28.9 Å². The Morgan fingerprint density at radius 2 is 1.84 bits per heavy atom. The van der Waals surface area contributed by atoms with Crippen molar-refractivity contribution in [3.63, 3.8) is 0 Å². The number of halogens is 7. The molecule has 0 radical (unpaired) electrons. The Morgan fingerprint density at radius 3 is 2.36 bits per heavy atom. The second-order valence-corrected chi connectivity index (χ2v) is 5.28. The van der Waals surface area contributed by atoms with Gasteiger partial charge < -0.3 is 14.0 Å². The van der Waals surface area contributed by atoms with Crippen molar-refractivity contribution < 1.29 is 40.6 Å². The lowest BCUT2D eigenvalue weighted by molar-refractivity contribution is -0.274. The summed E-state index contributed by atoms with van der Waals surface area (Å²) in [6.45, 7) is -0.145. The maximum Gasteiger partial charge on any atom is 0.573 e. The Kier molecular flexibility index (Phi) is 5.24. The minimum absolute atomic E-state index is 0.0264. The Labute approximate surface area is 141 Å². The Balaban J connectivity index is 2.76. The molecule has 1 aromatic heterocycles. The largest absolute Gasteiger partial charge is 0.573 e. The number of hydrogen-bond donors (Lipinski definition) is 0. The third kappa shape index (κ3) is 4.18. The van der Waals surface area contributed by atoms with Crippen LogP contribution in [-0.2, 0) is 11.3 Å². The molecule has 0 bridgehead atoms. The Bertz CT molecular complexity index is 796. The number of ketones is 1. The van der Waals surface area contributed by atoms with Crippen molar-refractivity contribution in [1.29, 1.82) is 0 Å². The van der Waals surface area contributed by atoms with Gasteiger partial charge in [-0.3, -0.25) is 4.79 Å². The Morgan fingerprint density at radius 1 is 1.20 bits per heavy atom. The van der Waals surface area contributed by atoms with Crippen molar-refractivity contribution >= 4 is 28.3 Å². The maximum atomic E-state index is 12.8. The highest BCUT2D eigenvalue weighted by Crippen LogP contribution is 2.39. The van der Waals surface area contributed by atoms with E-state index in [1.54, 1.807) is 0 Å². The van der Waals surface area contributed by atoms with E-state index in [0.717, 1.165) is 22.9 Å². The first-order valence-corrected chi connectivity index (χ1v) is 7.01. The molecule has 0 aliphatic heterocycles. The predicted molar refractivity (Wildman–Crippen MR) is 75.9 cm³/mol. The van der Waals surface area contributed by atoms with Crippen LogP contribution in [0.2, 0.25) is 5.02 Å². The van der Waals surface area contributed by atoms with Crippen LogP contribution in [0.1, 0.15) is 10.4 Å². The molecule has 25 heavy (non-hydrogen) atoms. The lowest BCUT2D eigenvalue weighted by Crippen LogP contribution is -2.22. The zero-order chi connectivity index (χ0) is 19.0. The van der Waals surface area contributed by atoms with E-state index in [1.807, 2.05) is 0 Å². The topological polar surface area (TPSA) is 40.5 Å². The highest BCUT2D eigenvalue weighted by Gasteiger charge is 2.42. The minimum atomic E-state index is -5.22. The number of fused-ring (bicyclic) bond motifs is 1. The number of hydrogen-bond acceptors (Lipinski definition) is 3. The first-order chi connectivity index (χ1) is 11.5. The highest BCUT2D eigenvalue weighted by molar-refractivity contribution is 6.37. The van der Waals surface area contributed by atoms with Gasteiger partial charge in [0.15, 0.2) is 5.75 Å². The van der Waals surface area contributed by atoms with Gasteiger partial charge in [-0.25, -0.2) is 0 Å². The molecule has 0 atom stereocenters. The number of nitrogens with zero attached hydrogens (tertiary/aromatic N) is 1. The fourth-order valence-electron chi connectivity index (χ4n) is 2.27. The number of aromatic nitrogens is 1. The quantitative estimate of drug-likeness (QED) is 0.555. The van der Waals surface area contributed by atoms with Crippen LogP contribution in [0.3, 0.4) is 0 Å². The molecule has 0 amide bonds. The molecule has 0 aliphatic rings. The van der Waals surface area contributed by atoms with E-state index < -0.39 is 35.0 Å². The average Bonchev–Trinajstić information content (AvgIpc) is 2.85. The van der Waals surface area contributed by atoms with E-state index in [9.17, 15) is 31.1 Å². The molecular formula is C14H10ClF6NO3. The van der Waals surface area contributed by atoms with Gasteiger partial charge in [-0.05, 0) is 12.1 Å². The normalized spacial score (nSPS) is 12.6. The molecule has 138 valence electrons. The van der Waals surface area contributed by atoms with Crippen molar-refractivity contribution in [1.82, 2.24) is 4.57 Å². The van der Waals surface area contributed by atoms with Gasteiger partial charge in [-0.2, -0.15) is 13.2 Å². The third-order valence-corrected chi connectivity index (χ3v) is 3.51. The number of Topliss-reactive ketones (excluding diaryl/α,β-unsaturated/α-hetero) is 1. The summed E-state index contributed by atoms with van der Waals surface area (Å²) < 4.78 is 85.7. The average molecular weight is 390 g/mol. The van der Waals surface area contributed by atoms with Crippen LogP contribution in [0.15, 0.2) is 18.3 Å². The molecule has 11 heteroatoms. The highest BCUT2D eigenvalue weighted by atomic mass is 35.5. The fourth-order valence-corrected chi connectivity index (χ4v) is 2.53. The van der Waals surface area contributed by atoms with Gasteiger partial charge in [0.05, 0.1) is 22.7 Å². The van der Waals surface area contributed by atoms with E-state index in [1.165, 1.54) is 7.11 Å². The lowest BCUT2D eigenvalue weighted by atomic mass is 10.1. The van der Waals surface area contributed by atoms with Crippen molar-refractivity contribution in [2.45, 2.75) is 19.1 Å². The molecule has 0 aliphatic carbocycles. The molecule has 4 nitrogen and oxygen atoms in total. The van der Waals surface area contributed by atoms with Gasteiger partial charge in [0, 0.05) is 25.2 Å². The van der Waals surface area contributed by atoms with Crippen molar-refractivity contribution in [2.24, 2.45) is 0 Å². The number of benzene rings is 1. The molecule has 0 unspecified atom stereocenters. The van der Waals surface area contributed by atoms with Gasteiger partial charge >= 0.3 is 12.5 Å². The van der Waals surface area contributed by atoms with Gasteiger partial charge in [0.2, 0.25) is 0 Å². The van der Waals surface area contributed by atoms with Gasteiger partial charge in [0.1, 0.15) is 0 Å². The van der Waals surface area contributed by atoms with E-state index >= 15 is 0 Å². The van der Waals surface area contributed by atoms with Crippen molar-refractivity contribution in [3.8, 4) is 5.75 Å². The molecule has 2 rings (SSSR count). The second kappa shape index (κ2) is 6.75. The molecule has 0 spiro atoms. The van der Waals surface area contributed by atoms with E-state index in [0.29, 0.717) is 0 Å². The van der Waals surface area contributed by atoms with Crippen LogP contribution in [0.25, 0.3) is 10.9 Å². The molecule has 1 heterocycles. The zero-order valence-electron chi connectivity index (χ0n) is 12.5. The van der Waals surface area contributed by atoms with Gasteiger partial charge in [0.25, 0.3) is 5.78 Å². The zero-order valence-corrected chi connectivity index (χ0v) is 13.2. The third-order valence-electron chi connectivity index (χ3n) is 3.20. The van der Waals surface area contributed by atoms with Gasteiger partial charge in [-0.15, -0.1) is 13.2 Å². The first-order valence-electron chi connectivity index (χ1n) is 6.63. The number of rotatable bonds is 5. The number of ether oxygens (including phenoxy) is 2. The summed E-state index contributed by atoms with van der Waals surface area (Å²) in [4.78, 5) is 11.6. The SMILES string of the molecule is COCCn1cc(C(=O)C(F)(F)F)c2c(Cl)ccc(OC(F)(F)F)c21. The molecule has 0 N–H and O–H groups in total. The minimum Gasteiger partial charge on any atom is -0.404 e. The van der Waals surface area contributed by atoms with Crippen LogP contribution in [0, 0.1) is 0 Å². The molecule has 0 saturated heterocycles. The van der Waals surface area contributed by atoms with Crippen LogP contribution in [0.5, 0.6) is 5.75 Å². The summed E-state index contributed by atoms with van der Waals surface area (Å²) in [6, 6.07) is 1.79. The lowest BCUT2D eigenvalue weighted by Gasteiger charge is -2.13. The molecule has 2 aromatic rings. The standard InChI is InChI=1S/C14H10ClF6NO3/c1-24-5-4-22-6-7(12(23)13(16,17)18)10-8(15)2-3-9(11(10)22)25-14(19,20)21/h2-3,6H,4-5H2,1H3. The van der Waals surface area contributed by atoms with Gasteiger partial charge in [-0.1, -0.05) is 11.6 Å². The second-order valence-electron chi connectivity index (χ2n) is 4.87. The monoisotopic (exact) mass is 389 g/mol. The molecule has 0 saturated carbocycles. The number of carbonyl (C=O) groups excluding carboxylic acids is 1. The number of alkyl halides is 6. The smallest absolute Gasteiger partial charge is 0.404 e. The van der Waals surface area contributed by atoms with E-state index in [4.69, 9.17) is 16.3 Å². The number of methoxy groups -OCH3 is 1. The van der Waals surface area contributed by atoms with E-state index in [2.05, 4.69) is 4.74 Å². The summed E-state index contributed by atoms with van der Waals surface area (Å²) in [5.41, 5.74) is -1.24. The molecule has 1 aromatic carbocycles. The van der Waals surface area contributed by atoms with Crippen LogP contribution >= 0.6 is 11.6 Å². The number of carbonyl (C=O) groups is 1. The summed E-state index contributed by atoms with van der Waals surface area (Å²) in [5, 5.41) is -0.782. The van der Waals surface area contributed by atoms with E-state index in [-0.39, 0.29) is 23.7 Å².